The first-order chi connectivity index (χ1) is 11.2. The molecule has 5 heteroatoms. The number of halogens is 1. The molecule has 1 aromatic carbocycles. The summed E-state index contributed by atoms with van der Waals surface area (Å²) in [7, 11) is 0. The number of piperidine rings is 1. The molecule has 2 aromatic rings. The van der Waals surface area contributed by atoms with E-state index in [2.05, 4.69) is 21.3 Å². The number of anilines is 1. The molecular formula is C18H18FN3O. The number of benzene rings is 1. The van der Waals surface area contributed by atoms with Crippen LogP contribution in [0, 0.1) is 5.82 Å². The lowest BCUT2D eigenvalue weighted by atomic mass is 9.73. The fourth-order valence-electron chi connectivity index (χ4n) is 3.74. The lowest BCUT2D eigenvalue weighted by Gasteiger charge is -2.38. The Morgan fingerprint density at radius 1 is 1.22 bits per heavy atom. The molecule has 1 spiro atoms. The van der Waals surface area contributed by atoms with Gasteiger partial charge >= 0.3 is 0 Å². The van der Waals surface area contributed by atoms with Crippen molar-refractivity contribution in [3.8, 4) is 0 Å². The van der Waals surface area contributed by atoms with Crippen LogP contribution >= 0.6 is 0 Å². The third-order valence-corrected chi connectivity index (χ3v) is 5.04. The van der Waals surface area contributed by atoms with Gasteiger partial charge in [-0.2, -0.15) is 0 Å². The van der Waals surface area contributed by atoms with Gasteiger partial charge < -0.3 is 5.32 Å². The highest BCUT2D eigenvalue weighted by Gasteiger charge is 2.49. The Bertz CT molecular complexity index is 739. The largest absolute Gasteiger partial charge is 0.323 e. The van der Waals surface area contributed by atoms with E-state index in [4.69, 9.17) is 0 Å². The van der Waals surface area contributed by atoms with Crippen LogP contribution in [-0.2, 0) is 16.8 Å². The van der Waals surface area contributed by atoms with Crippen LogP contribution in [0.4, 0.5) is 10.1 Å². The fraction of sp³-hybridized carbons (Fsp3) is 0.333. The van der Waals surface area contributed by atoms with Gasteiger partial charge in [0.25, 0.3) is 0 Å². The number of fused-ring (bicyclic) bond motifs is 2. The second-order valence-electron chi connectivity index (χ2n) is 6.34. The molecule has 1 N–H and O–H groups in total. The zero-order chi connectivity index (χ0) is 15.9. The number of aromatic nitrogens is 1. The number of likely N-dealkylation sites (tertiary alicyclic amines) is 1. The monoisotopic (exact) mass is 311 g/mol. The minimum Gasteiger partial charge on any atom is -0.323 e. The molecule has 1 aromatic heterocycles. The number of nitrogens with zero attached hydrogens (tertiary/aromatic N) is 2. The van der Waals surface area contributed by atoms with Crippen LogP contribution in [0.1, 0.15) is 24.0 Å². The van der Waals surface area contributed by atoms with E-state index >= 15 is 0 Å². The number of hydrogen-bond donors (Lipinski definition) is 1. The van der Waals surface area contributed by atoms with Crippen LogP contribution in [0.15, 0.2) is 42.7 Å². The standard InChI is InChI=1S/C18H18FN3O/c19-15-5-1-4-14-16(15)21-17(23)18(14)6-9-22(10-7-18)12-13-3-2-8-20-11-13/h1-5,8,11H,6-7,9-10,12H2,(H,21,23). The van der Waals surface area contributed by atoms with Gasteiger partial charge in [0.1, 0.15) is 5.82 Å². The van der Waals surface area contributed by atoms with Gasteiger partial charge in [0.2, 0.25) is 5.91 Å². The summed E-state index contributed by atoms with van der Waals surface area (Å²) in [4.78, 5) is 19.0. The molecule has 4 nitrogen and oxygen atoms in total. The zero-order valence-electron chi connectivity index (χ0n) is 12.8. The summed E-state index contributed by atoms with van der Waals surface area (Å²) in [5.74, 6) is -0.399. The van der Waals surface area contributed by atoms with E-state index in [1.807, 2.05) is 18.3 Å². The van der Waals surface area contributed by atoms with E-state index in [9.17, 15) is 9.18 Å². The van der Waals surface area contributed by atoms with Crippen LogP contribution in [0.3, 0.4) is 0 Å². The van der Waals surface area contributed by atoms with Crippen LogP contribution in [-0.4, -0.2) is 28.9 Å². The average Bonchev–Trinajstić information content (AvgIpc) is 2.85. The predicted molar refractivity (Wildman–Crippen MR) is 85.5 cm³/mol. The van der Waals surface area contributed by atoms with Gasteiger partial charge in [0, 0.05) is 18.9 Å². The van der Waals surface area contributed by atoms with Crippen LogP contribution < -0.4 is 5.32 Å². The number of amides is 1. The Hall–Kier alpha value is -2.27. The van der Waals surface area contributed by atoms with Gasteiger partial charge in [-0.25, -0.2) is 4.39 Å². The van der Waals surface area contributed by atoms with E-state index in [0.717, 1.165) is 38.0 Å². The molecule has 23 heavy (non-hydrogen) atoms. The quantitative estimate of drug-likeness (QED) is 0.927. The number of rotatable bonds is 2. The van der Waals surface area contributed by atoms with Crippen molar-refractivity contribution in [2.24, 2.45) is 0 Å². The number of pyridine rings is 1. The average molecular weight is 311 g/mol. The zero-order valence-corrected chi connectivity index (χ0v) is 12.8. The molecule has 0 saturated carbocycles. The van der Waals surface area contributed by atoms with Crippen molar-refractivity contribution in [1.82, 2.24) is 9.88 Å². The first kappa shape index (κ1) is 14.3. The summed E-state index contributed by atoms with van der Waals surface area (Å²) in [5.41, 5.74) is 1.80. The number of hydrogen-bond acceptors (Lipinski definition) is 3. The minimum atomic E-state index is -0.567. The maximum absolute atomic E-state index is 13.9. The maximum atomic E-state index is 13.9. The molecule has 0 radical (unpaired) electrons. The maximum Gasteiger partial charge on any atom is 0.235 e. The number of carbonyl (C=O) groups excluding carboxylic acids is 1. The summed E-state index contributed by atoms with van der Waals surface area (Å²) in [5, 5.41) is 2.75. The summed E-state index contributed by atoms with van der Waals surface area (Å²) < 4.78 is 13.9. The number of nitrogens with one attached hydrogen (secondary N) is 1. The van der Waals surface area contributed by atoms with E-state index in [-0.39, 0.29) is 11.7 Å². The highest BCUT2D eigenvalue weighted by Crippen LogP contribution is 2.45. The topological polar surface area (TPSA) is 45.2 Å². The van der Waals surface area contributed by atoms with E-state index in [0.29, 0.717) is 5.69 Å². The predicted octanol–water partition coefficient (Wildman–Crippen LogP) is 2.71. The molecule has 1 saturated heterocycles. The van der Waals surface area contributed by atoms with E-state index in [1.165, 1.54) is 11.6 Å². The highest BCUT2D eigenvalue weighted by atomic mass is 19.1. The first-order valence-corrected chi connectivity index (χ1v) is 7.91. The van der Waals surface area contributed by atoms with Crippen molar-refractivity contribution in [2.75, 3.05) is 18.4 Å². The van der Waals surface area contributed by atoms with Gasteiger partial charge in [0.05, 0.1) is 11.1 Å². The molecular weight excluding hydrogens is 293 g/mol. The normalized spacial score (nSPS) is 19.6. The second-order valence-corrected chi connectivity index (χ2v) is 6.34. The third kappa shape index (κ3) is 2.32. The van der Waals surface area contributed by atoms with Gasteiger partial charge in [-0.15, -0.1) is 0 Å². The Kier molecular flexibility index (Phi) is 3.38. The Morgan fingerprint density at radius 2 is 2.04 bits per heavy atom. The molecule has 2 aliphatic heterocycles. The molecule has 1 fully saturated rings. The van der Waals surface area contributed by atoms with Crippen molar-refractivity contribution < 1.29 is 9.18 Å². The van der Waals surface area contributed by atoms with Crippen LogP contribution in [0.5, 0.6) is 0 Å². The Morgan fingerprint density at radius 3 is 2.78 bits per heavy atom. The van der Waals surface area contributed by atoms with Gasteiger partial charge in [-0.3, -0.25) is 14.7 Å². The summed E-state index contributed by atoms with van der Waals surface area (Å²) >= 11 is 0. The van der Waals surface area contributed by atoms with Gasteiger partial charge in [-0.1, -0.05) is 18.2 Å². The summed E-state index contributed by atoms with van der Waals surface area (Å²) in [6, 6.07) is 8.97. The summed E-state index contributed by atoms with van der Waals surface area (Å²) in [6.45, 7) is 2.47. The van der Waals surface area contributed by atoms with Crippen molar-refractivity contribution in [3.63, 3.8) is 0 Å². The number of carbonyl (C=O) groups is 1. The van der Waals surface area contributed by atoms with Gasteiger partial charge in [-0.05, 0) is 49.2 Å². The molecule has 0 aliphatic carbocycles. The molecule has 0 atom stereocenters. The van der Waals surface area contributed by atoms with Crippen LogP contribution in [0.25, 0.3) is 0 Å². The molecule has 1 amide bonds. The molecule has 3 heterocycles. The first-order valence-electron chi connectivity index (χ1n) is 7.91. The lowest BCUT2D eigenvalue weighted by Crippen LogP contribution is -2.46. The summed E-state index contributed by atoms with van der Waals surface area (Å²) in [6.07, 6.45) is 5.07. The van der Waals surface area contributed by atoms with Crippen LogP contribution in [0.2, 0.25) is 0 Å². The minimum absolute atomic E-state index is 0.0568. The second kappa shape index (κ2) is 5.42. The van der Waals surface area contributed by atoms with Crippen molar-refractivity contribution in [2.45, 2.75) is 24.8 Å². The molecule has 4 rings (SSSR count). The van der Waals surface area contributed by atoms with Crippen molar-refractivity contribution in [3.05, 3.63) is 59.7 Å². The van der Waals surface area contributed by atoms with Crippen molar-refractivity contribution >= 4 is 11.6 Å². The SMILES string of the molecule is O=C1Nc2c(F)cccc2C12CCN(Cc1cccnc1)CC2. The molecule has 0 unspecified atom stereocenters. The van der Waals surface area contributed by atoms with Crippen molar-refractivity contribution in [1.29, 1.82) is 0 Å². The fourth-order valence-corrected chi connectivity index (χ4v) is 3.74. The highest BCUT2D eigenvalue weighted by molar-refractivity contribution is 6.06. The third-order valence-electron chi connectivity index (χ3n) is 5.04. The Balaban J connectivity index is 1.53. The smallest absolute Gasteiger partial charge is 0.235 e. The molecule has 118 valence electrons. The van der Waals surface area contributed by atoms with Gasteiger partial charge in [0.15, 0.2) is 0 Å². The Labute approximate surface area is 134 Å². The molecule has 2 aliphatic rings. The van der Waals surface area contributed by atoms with E-state index < -0.39 is 5.41 Å². The van der Waals surface area contributed by atoms with E-state index in [1.54, 1.807) is 12.3 Å². The lowest BCUT2D eigenvalue weighted by molar-refractivity contribution is -0.122. The molecule has 0 bridgehead atoms. The number of para-hydroxylation sites is 1.